The molecule has 0 spiro atoms. The fraction of sp³-hybridized carbons (Fsp3) is 0.542. The molecule has 6 heteroatoms. The molecule has 0 bridgehead atoms. The molecule has 2 amide bonds. The van der Waals surface area contributed by atoms with Crippen molar-refractivity contribution in [2.45, 2.75) is 69.9 Å². The van der Waals surface area contributed by atoms with Crippen molar-refractivity contribution in [3.05, 3.63) is 36.7 Å². The van der Waals surface area contributed by atoms with Crippen LogP contribution in [0, 0.1) is 0 Å². The van der Waals surface area contributed by atoms with Crippen LogP contribution < -0.4 is 10.1 Å². The predicted octanol–water partition coefficient (Wildman–Crippen LogP) is 3.83. The molecule has 2 fully saturated rings. The zero-order valence-electron chi connectivity index (χ0n) is 17.5. The van der Waals surface area contributed by atoms with E-state index in [1.54, 1.807) is 6.20 Å². The van der Waals surface area contributed by atoms with Crippen molar-refractivity contribution in [2.24, 2.45) is 0 Å². The van der Waals surface area contributed by atoms with E-state index in [1.807, 2.05) is 35.4 Å². The summed E-state index contributed by atoms with van der Waals surface area (Å²) >= 11 is 0. The number of ether oxygens (including phenoxy) is 1. The quantitative estimate of drug-likeness (QED) is 0.787. The van der Waals surface area contributed by atoms with Crippen LogP contribution in [-0.2, 0) is 9.59 Å². The lowest BCUT2D eigenvalue weighted by Crippen LogP contribution is -2.41. The number of carbonyl (C=O) groups excluding carboxylic acids is 2. The third-order valence-corrected chi connectivity index (χ3v) is 6.25. The third-order valence-electron chi connectivity index (χ3n) is 6.25. The smallest absolute Gasteiger partial charge is 0.222 e. The number of fused-ring (bicyclic) bond motifs is 1. The van der Waals surface area contributed by atoms with Crippen LogP contribution in [0.2, 0.25) is 0 Å². The molecule has 1 saturated carbocycles. The Morgan fingerprint density at radius 1 is 1.13 bits per heavy atom. The number of nitrogens with one attached hydrogen (secondary N) is 1. The van der Waals surface area contributed by atoms with Crippen LogP contribution >= 0.6 is 0 Å². The number of amides is 2. The van der Waals surface area contributed by atoms with Gasteiger partial charge in [-0.1, -0.05) is 18.6 Å². The predicted molar refractivity (Wildman–Crippen MR) is 116 cm³/mol. The van der Waals surface area contributed by atoms with Crippen LogP contribution in [0.25, 0.3) is 10.8 Å². The molecule has 2 heterocycles. The topological polar surface area (TPSA) is 71.5 Å². The van der Waals surface area contributed by atoms with Crippen molar-refractivity contribution in [3.8, 4) is 5.75 Å². The molecule has 2 aromatic rings. The van der Waals surface area contributed by atoms with E-state index in [0.717, 1.165) is 68.0 Å². The largest absolute Gasteiger partial charge is 0.490 e. The maximum atomic E-state index is 12.4. The number of aromatic nitrogens is 1. The van der Waals surface area contributed by atoms with Crippen molar-refractivity contribution in [2.75, 3.05) is 13.1 Å². The number of likely N-dealkylation sites (tertiary alicyclic amines) is 1. The summed E-state index contributed by atoms with van der Waals surface area (Å²) < 4.78 is 6.29. The minimum Gasteiger partial charge on any atom is -0.490 e. The second kappa shape index (κ2) is 9.92. The minimum absolute atomic E-state index is 0.0537. The molecule has 30 heavy (non-hydrogen) atoms. The lowest BCUT2D eigenvalue weighted by atomic mass is 9.92. The molecule has 1 saturated heterocycles. The molecule has 2 aliphatic rings. The van der Waals surface area contributed by atoms with Gasteiger partial charge in [0.05, 0.1) is 6.10 Å². The van der Waals surface area contributed by atoms with Gasteiger partial charge in [0.2, 0.25) is 11.8 Å². The average Bonchev–Trinajstić information content (AvgIpc) is 2.98. The molecule has 6 nitrogen and oxygen atoms in total. The normalized spacial score (nSPS) is 22.5. The first-order valence-electron chi connectivity index (χ1n) is 11.3. The SMILES string of the molecule is O=C(CCN1CCCCCC1=O)NC1CCC(Oc2cccc3cnccc23)CC1. The molecule has 0 atom stereocenters. The summed E-state index contributed by atoms with van der Waals surface area (Å²) in [5, 5.41) is 5.33. The van der Waals surface area contributed by atoms with Gasteiger partial charge in [-0.3, -0.25) is 14.6 Å². The van der Waals surface area contributed by atoms with Gasteiger partial charge in [0.15, 0.2) is 0 Å². The first-order chi connectivity index (χ1) is 14.7. The highest BCUT2D eigenvalue weighted by atomic mass is 16.5. The lowest BCUT2D eigenvalue weighted by molar-refractivity contribution is -0.131. The van der Waals surface area contributed by atoms with Crippen LogP contribution in [0.4, 0.5) is 0 Å². The molecule has 1 aromatic heterocycles. The highest BCUT2D eigenvalue weighted by Gasteiger charge is 2.24. The van der Waals surface area contributed by atoms with Crippen LogP contribution in [0.1, 0.15) is 57.8 Å². The first kappa shape index (κ1) is 20.6. The molecule has 0 radical (unpaired) electrons. The Morgan fingerprint density at radius 2 is 2.00 bits per heavy atom. The maximum absolute atomic E-state index is 12.4. The highest BCUT2D eigenvalue weighted by molar-refractivity contribution is 5.87. The Kier molecular flexibility index (Phi) is 6.82. The number of nitrogens with zero attached hydrogens (tertiary/aromatic N) is 2. The summed E-state index contributed by atoms with van der Waals surface area (Å²) in [4.78, 5) is 30.5. The molecule has 1 N–H and O–H groups in total. The van der Waals surface area contributed by atoms with E-state index >= 15 is 0 Å². The number of pyridine rings is 1. The van der Waals surface area contributed by atoms with Crippen molar-refractivity contribution in [1.82, 2.24) is 15.2 Å². The fourth-order valence-electron chi connectivity index (χ4n) is 4.51. The Balaban J connectivity index is 1.21. The molecular formula is C24H31N3O3. The van der Waals surface area contributed by atoms with Gasteiger partial charge in [-0.2, -0.15) is 0 Å². The number of rotatable bonds is 6. The lowest BCUT2D eigenvalue weighted by Gasteiger charge is -2.30. The molecule has 1 aliphatic heterocycles. The second-order valence-electron chi connectivity index (χ2n) is 8.45. The molecule has 4 rings (SSSR count). The average molecular weight is 410 g/mol. The van der Waals surface area contributed by atoms with Crippen molar-refractivity contribution >= 4 is 22.6 Å². The van der Waals surface area contributed by atoms with Gasteiger partial charge >= 0.3 is 0 Å². The summed E-state index contributed by atoms with van der Waals surface area (Å²) in [6.07, 6.45) is 11.7. The summed E-state index contributed by atoms with van der Waals surface area (Å²) in [5.41, 5.74) is 0. The van der Waals surface area contributed by atoms with E-state index in [0.29, 0.717) is 19.4 Å². The van der Waals surface area contributed by atoms with E-state index in [-0.39, 0.29) is 24.0 Å². The Labute approximate surface area is 178 Å². The van der Waals surface area contributed by atoms with Gasteiger partial charge in [0.25, 0.3) is 0 Å². The monoisotopic (exact) mass is 409 g/mol. The van der Waals surface area contributed by atoms with E-state index in [2.05, 4.69) is 10.3 Å². The standard InChI is InChI=1S/C24H31N3O3/c28-23(13-16-27-15-3-1-2-7-24(27)29)26-19-8-10-20(11-9-19)30-22-6-4-5-18-17-25-14-12-21(18)22/h4-6,12,14,17,19-20H,1-3,7-11,13,15-16H2,(H,26,28). The van der Waals surface area contributed by atoms with Gasteiger partial charge in [0.1, 0.15) is 5.75 Å². The Hall–Kier alpha value is -2.63. The fourth-order valence-corrected chi connectivity index (χ4v) is 4.51. The summed E-state index contributed by atoms with van der Waals surface area (Å²) in [6.45, 7) is 1.33. The van der Waals surface area contributed by atoms with Crippen molar-refractivity contribution in [1.29, 1.82) is 0 Å². The van der Waals surface area contributed by atoms with Crippen LogP contribution in [0.15, 0.2) is 36.7 Å². The van der Waals surface area contributed by atoms with Gasteiger partial charge in [-0.05, 0) is 50.7 Å². The van der Waals surface area contributed by atoms with Crippen LogP contribution in [0.3, 0.4) is 0 Å². The minimum atomic E-state index is 0.0537. The van der Waals surface area contributed by atoms with E-state index in [1.165, 1.54) is 0 Å². The Bertz CT molecular complexity index is 872. The summed E-state index contributed by atoms with van der Waals surface area (Å²) in [5.74, 6) is 1.16. The van der Waals surface area contributed by atoms with Crippen molar-refractivity contribution in [3.63, 3.8) is 0 Å². The number of carbonyl (C=O) groups is 2. The van der Waals surface area contributed by atoms with Gasteiger partial charge in [-0.25, -0.2) is 0 Å². The zero-order valence-corrected chi connectivity index (χ0v) is 17.5. The maximum Gasteiger partial charge on any atom is 0.222 e. The van der Waals surface area contributed by atoms with Gasteiger partial charge in [0, 0.05) is 55.1 Å². The molecule has 0 unspecified atom stereocenters. The van der Waals surface area contributed by atoms with Gasteiger partial charge in [-0.15, -0.1) is 0 Å². The summed E-state index contributed by atoms with van der Waals surface area (Å²) in [6, 6.07) is 8.25. The number of hydrogen-bond donors (Lipinski definition) is 1. The molecule has 1 aromatic carbocycles. The van der Waals surface area contributed by atoms with Crippen LogP contribution in [0.5, 0.6) is 5.75 Å². The zero-order chi connectivity index (χ0) is 20.8. The number of hydrogen-bond acceptors (Lipinski definition) is 4. The molecule has 1 aliphatic carbocycles. The van der Waals surface area contributed by atoms with E-state index in [9.17, 15) is 9.59 Å². The second-order valence-corrected chi connectivity index (χ2v) is 8.45. The van der Waals surface area contributed by atoms with Gasteiger partial charge < -0.3 is 15.0 Å². The first-order valence-corrected chi connectivity index (χ1v) is 11.3. The molecule has 160 valence electrons. The summed E-state index contributed by atoms with van der Waals surface area (Å²) in [7, 11) is 0. The Morgan fingerprint density at radius 3 is 2.87 bits per heavy atom. The van der Waals surface area contributed by atoms with Crippen LogP contribution in [-0.4, -0.2) is 46.9 Å². The number of benzene rings is 1. The highest BCUT2D eigenvalue weighted by Crippen LogP contribution is 2.29. The van der Waals surface area contributed by atoms with E-state index in [4.69, 9.17) is 4.74 Å². The van der Waals surface area contributed by atoms with Crippen molar-refractivity contribution < 1.29 is 14.3 Å². The molecular weight excluding hydrogens is 378 g/mol. The third kappa shape index (κ3) is 5.29. The van der Waals surface area contributed by atoms with E-state index < -0.39 is 0 Å².